The molecule has 0 saturated heterocycles. The van der Waals surface area contributed by atoms with Gasteiger partial charge in [-0.1, -0.05) is 194 Å². The van der Waals surface area contributed by atoms with E-state index in [4.69, 9.17) is 4.99 Å². The molecule has 0 amide bonds. The van der Waals surface area contributed by atoms with Crippen LogP contribution in [0.15, 0.2) is 236 Å². The fourth-order valence-corrected chi connectivity index (χ4v) is 10.2. The average molecular weight is 795 g/mol. The van der Waals surface area contributed by atoms with Gasteiger partial charge in [-0.15, -0.1) is 0 Å². The number of fused-ring (bicyclic) bond motifs is 6. The van der Waals surface area contributed by atoms with Crippen molar-refractivity contribution in [3.05, 3.63) is 269 Å². The Morgan fingerprint density at radius 2 is 1.02 bits per heavy atom. The highest BCUT2D eigenvalue weighted by Gasteiger charge is 2.46. The third-order valence-corrected chi connectivity index (χ3v) is 12.9. The lowest BCUT2D eigenvalue weighted by Gasteiger charge is -2.34. The van der Waals surface area contributed by atoms with E-state index in [1.165, 1.54) is 60.8 Å². The van der Waals surface area contributed by atoms with E-state index in [9.17, 15) is 0 Å². The van der Waals surface area contributed by atoms with Gasteiger partial charge in [0.2, 0.25) is 0 Å². The van der Waals surface area contributed by atoms with Crippen LogP contribution < -0.4 is 10.6 Å². The number of hydrogen-bond donors (Lipinski definition) is 2. The minimum Gasteiger partial charge on any atom is -0.350 e. The largest absolute Gasteiger partial charge is 0.350 e. The molecule has 1 aliphatic heterocycles. The molecule has 2 heterocycles. The molecule has 0 spiro atoms. The van der Waals surface area contributed by atoms with Gasteiger partial charge in [0, 0.05) is 22.0 Å². The summed E-state index contributed by atoms with van der Waals surface area (Å²) in [7, 11) is 0. The Hall–Kier alpha value is -7.79. The number of nitrogens with zero attached hydrogens (tertiary/aromatic N) is 2. The van der Waals surface area contributed by atoms with Crippen LogP contribution in [-0.4, -0.2) is 10.4 Å². The highest BCUT2D eigenvalue weighted by Crippen LogP contribution is 2.57. The van der Waals surface area contributed by atoms with Gasteiger partial charge >= 0.3 is 0 Å². The molecule has 0 radical (unpaired) electrons. The fraction of sp³-hybridized carbons (Fsp3) is 0.0517. The standard InChI is InChI=1S/C58H42N4/c1-6-19-39(20-7-1)42-33-34-53-49(36-42)50-37-52-48(47-31-16-17-32-51(47)58(52,44-26-12-4-13-27-44)45-28-14-5-15-29-45)38-54(50)62(53)46-30-18-25-43(35-46)57-60-55(40-21-8-2-9-22-40)59-56(61-57)41-23-10-3-11-24-41/h1-38,55,57,60H,(H,59,61). The summed E-state index contributed by atoms with van der Waals surface area (Å²) in [6, 6.07) is 83.8. The van der Waals surface area contributed by atoms with Crippen molar-refractivity contribution >= 4 is 27.6 Å². The molecule has 2 aliphatic rings. The summed E-state index contributed by atoms with van der Waals surface area (Å²) in [5.74, 6) is 0.869. The van der Waals surface area contributed by atoms with Gasteiger partial charge in [-0.05, 0) is 92.0 Å². The molecular formula is C58H42N4. The van der Waals surface area contributed by atoms with E-state index in [-0.39, 0.29) is 12.3 Å². The molecule has 1 aliphatic carbocycles. The number of benzene rings is 9. The Kier molecular flexibility index (Phi) is 8.58. The molecule has 2 unspecified atom stereocenters. The van der Waals surface area contributed by atoms with Crippen molar-refractivity contribution in [1.82, 2.24) is 15.2 Å². The van der Waals surface area contributed by atoms with Crippen LogP contribution in [0, 0.1) is 0 Å². The van der Waals surface area contributed by atoms with E-state index < -0.39 is 5.41 Å². The lowest BCUT2D eigenvalue weighted by atomic mass is 9.67. The van der Waals surface area contributed by atoms with E-state index in [2.05, 4.69) is 240 Å². The molecular weight excluding hydrogens is 753 g/mol. The molecule has 10 aromatic rings. The third kappa shape index (κ3) is 5.76. The molecule has 0 saturated carbocycles. The molecule has 12 rings (SSSR count). The highest BCUT2D eigenvalue weighted by atomic mass is 15.3. The Morgan fingerprint density at radius 1 is 0.419 bits per heavy atom. The van der Waals surface area contributed by atoms with E-state index in [0.29, 0.717) is 0 Å². The van der Waals surface area contributed by atoms with Gasteiger partial charge in [-0.2, -0.15) is 0 Å². The van der Waals surface area contributed by atoms with Crippen LogP contribution in [0.5, 0.6) is 0 Å². The summed E-state index contributed by atoms with van der Waals surface area (Å²) in [6.45, 7) is 0. The van der Waals surface area contributed by atoms with Gasteiger partial charge in [-0.25, -0.2) is 4.99 Å². The monoisotopic (exact) mass is 794 g/mol. The smallest absolute Gasteiger partial charge is 0.131 e. The normalized spacial score (nSPS) is 16.4. The van der Waals surface area contributed by atoms with E-state index in [1.807, 2.05) is 6.07 Å². The van der Waals surface area contributed by atoms with Crippen molar-refractivity contribution in [1.29, 1.82) is 0 Å². The minimum atomic E-state index is -0.502. The van der Waals surface area contributed by atoms with Gasteiger partial charge < -0.3 is 9.88 Å². The first kappa shape index (κ1) is 36.1. The second-order valence-electron chi connectivity index (χ2n) is 16.4. The topological polar surface area (TPSA) is 41.4 Å². The van der Waals surface area contributed by atoms with Crippen molar-refractivity contribution in [3.8, 4) is 27.9 Å². The van der Waals surface area contributed by atoms with Crippen molar-refractivity contribution in [2.45, 2.75) is 17.7 Å². The van der Waals surface area contributed by atoms with Crippen molar-refractivity contribution < 1.29 is 0 Å². The molecule has 294 valence electrons. The Bertz CT molecular complexity index is 3240. The Morgan fingerprint density at radius 3 is 1.73 bits per heavy atom. The molecule has 62 heavy (non-hydrogen) atoms. The molecule has 0 bridgehead atoms. The Balaban J connectivity index is 1.10. The van der Waals surface area contributed by atoms with Crippen molar-refractivity contribution in [3.63, 3.8) is 0 Å². The van der Waals surface area contributed by atoms with E-state index >= 15 is 0 Å². The van der Waals surface area contributed by atoms with Crippen LogP contribution >= 0.6 is 0 Å². The predicted molar refractivity (Wildman–Crippen MR) is 255 cm³/mol. The number of hydrogen-bond acceptors (Lipinski definition) is 3. The maximum Gasteiger partial charge on any atom is 0.131 e. The maximum absolute atomic E-state index is 5.32. The zero-order valence-electron chi connectivity index (χ0n) is 34.0. The molecule has 2 N–H and O–H groups in total. The van der Waals surface area contributed by atoms with Gasteiger partial charge in [-0.3, -0.25) is 5.32 Å². The minimum absolute atomic E-state index is 0.126. The summed E-state index contributed by atoms with van der Waals surface area (Å²) in [5.41, 5.74) is 16.3. The molecule has 4 heteroatoms. The molecule has 0 fully saturated rings. The van der Waals surface area contributed by atoms with E-state index in [1.54, 1.807) is 0 Å². The van der Waals surface area contributed by atoms with Crippen LogP contribution in [0.2, 0.25) is 0 Å². The Labute approximate surface area is 361 Å². The number of nitrogens with one attached hydrogen (secondary N) is 2. The molecule has 4 nitrogen and oxygen atoms in total. The zero-order chi connectivity index (χ0) is 41.0. The van der Waals surface area contributed by atoms with Crippen LogP contribution in [0.1, 0.15) is 51.3 Å². The molecule has 2 atom stereocenters. The highest BCUT2D eigenvalue weighted by molar-refractivity contribution is 6.13. The average Bonchev–Trinajstić information content (AvgIpc) is 3.84. The maximum atomic E-state index is 5.32. The summed E-state index contributed by atoms with van der Waals surface area (Å²) in [4.78, 5) is 5.32. The first-order chi connectivity index (χ1) is 30.7. The first-order valence-corrected chi connectivity index (χ1v) is 21.4. The SMILES string of the molecule is c1ccc(C2=NC(c3cccc(-n4c5ccc(-c6ccccc6)cc5c5cc6c(cc54)-c4ccccc4C6(c4ccccc4)c4ccccc4)c3)NC(c3ccccc3)N2)cc1. The summed E-state index contributed by atoms with van der Waals surface area (Å²) < 4.78 is 2.47. The first-order valence-electron chi connectivity index (χ1n) is 21.4. The van der Waals surface area contributed by atoms with Crippen LogP contribution in [0.4, 0.5) is 0 Å². The zero-order valence-corrected chi connectivity index (χ0v) is 34.0. The summed E-state index contributed by atoms with van der Waals surface area (Å²) in [5, 5.41) is 9.96. The van der Waals surface area contributed by atoms with Gasteiger partial charge in [0.15, 0.2) is 0 Å². The van der Waals surface area contributed by atoms with Crippen LogP contribution in [0.25, 0.3) is 49.7 Å². The number of aromatic nitrogens is 1. The lowest BCUT2D eigenvalue weighted by molar-refractivity contribution is 0.409. The van der Waals surface area contributed by atoms with E-state index in [0.717, 1.165) is 33.7 Å². The predicted octanol–water partition coefficient (Wildman–Crippen LogP) is 13.2. The lowest BCUT2D eigenvalue weighted by Crippen LogP contribution is -2.44. The van der Waals surface area contributed by atoms with Gasteiger partial charge in [0.25, 0.3) is 0 Å². The second-order valence-corrected chi connectivity index (χ2v) is 16.4. The number of amidine groups is 1. The summed E-state index contributed by atoms with van der Waals surface area (Å²) in [6.07, 6.45) is -0.415. The van der Waals surface area contributed by atoms with Crippen LogP contribution in [0.3, 0.4) is 0 Å². The summed E-state index contributed by atoms with van der Waals surface area (Å²) >= 11 is 0. The molecule has 1 aromatic heterocycles. The number of aliphatic imine (C=N–C) groups is 1. The number of rotatable bonds is 7. The third-order valence-electron chi connectivity index (χ3n) is 12.9. The van der Waals surface area contributed by atoms with Crippen LogP contribution in [-0.2, 0) is 5.41 Å². The second kappa shape index (κ2) is 14.7. The molecule has 9 aromatic carbocycles. The van der Waals surface area contributed by atoms with Gasteiger partial charge in [0.1, 0.15) is 18.2 Å². The van der Waals surface area contributed by atoms with Crippen molar-refractivity contribution in [2.75, 3.05) is 0 Å². The van der Waals surface area contributed by atoms with Crippen molar-refractivity contribution in [2.24, 2.45) is 4.99 Å². The van der Waals surface area contributed by atoms with Gasteiger partial charge in [0.05, 0.1) is 16.4 Å². The quantitative estimate of drug-likeness (QED) is 0.169. The fourth-order valence-electron chi connectivity index (χ4n) is 10.2.